The van der Waals surface area contributed by atoms with E-state index in [0.717, 1.165) is 6.42 Å². The number of hydrogen-bond acceptors (Lipinski definition) is 4. The van der Waals surface area contributed by atoms with E-state index in [1.807, 2.05) is 18.0 Å². The van der Waals surface area contributed by atoms with Gasteiger partial charge in [0, 0.05) is 18.8 Å². The molecule has 0 saturated carbocycles. The molecule has 0 saturated heterocycles. The predicted molar refractivity (Wildman–Crippen MR) is 59.5 cm³/mol. The first-order chi connectivity index (χ1) is 7.01. The van der Waals surface area contributed by atoms with Crippen molar-refractivity contribution in [3.05, 3.63) is 18.0 Å². The molecule has 0 atom stereocenters. The number of nitrogens with zero attached hydrogens (tertiary/aromatic N) is 4. The van der Waals surface area contributed by atoms with Gasteiger partial charge >= 0.3 is 0 Å². The fourth-order valence-electron chi connectivity index (χ4n) is 1.08. The molecule has 0 aliphatic carbocycles. The normalized spacial score (nSPS) is 10.9. The van der Waals surface area contributed by atoms with Crippen LogP contribution in [-0.4, -0.2) is 22.6 Å². The maximum absolute atomic E-state index is 8.75. The molecule has 0 N–H and O–H groups in total. The third-order valence-electron chi connectivity index (χ3n) is 2.83. The Labute approximate surface area is 90.6 Å². The molecule has 0 spiro atoms. The summed E-state index contributed by atoms with van der Waals surface area (Å²) in [5, 5.41) is 8.75. The topological polar surface area (TPSA) is 52.8 Å². The van der Waals surface area contributed by atoms with Gasteiger partial charge in [-0.25, -0.2) is 9.97 Å². The maximum Gasteiger partial charge on any atom is 0.226 e. The second-order valence-corrected chi connectivity index (χ2v) is 4.08. The first-order valence-electron chi connectivity index (χ1n) is 4.98. The van der Waals surface area contributed by atoms with Crippen LogP contribution in [0.5, 0.6) is 0 Å². The van der Waals surface area contributed by atoms with Crippen LogP contribution >= 0.6 is 0 Å². The lowest BCUT2D eigenvalue weighted by Crippen LogP contribution is -2.41. The summed E-state index contributed by atoms with van der Waals surface area (Å²) in [7, 11) is 1.94. The van der Waals surface area contributed by atoms with Crippen molar-refractivity contribution in [2.24, 2.45) is 0 Å². The van der Waals surface area contributed by atoms with E-state index in [9.17, 15) is 0 Å². The van der Waals surface area contributed by atoms with Gasteiger partial charge in [0.15, 0.2) is 0 Å². The summed E-state index contributed by atoms with van der Waals surface area (Å²) in [6.07, 6.45) is 2.60. The van der Waals surface area contributed by atoms with Crippen LogP contribution in [0.15, 0.2) is 12.3 Å². The minimum absolute atomic E-state index is 0.00587. The average molecular weight is 204 g/mol. The fraction of sp³-hybridized carbons (Fsp3) is 0.545. The van der Waals surface area contributed by atoms with E-state index in [1.54, 1.807) is 12.3 Å². The highest BCUT2D eigenvalue weighted by Crippen LogP contribution is 2.20. The van der Waals surface area contributed by atoms with E-state index in [1.165, 1.54) is 0 Å². The fourth-order valence-corrected chi connectivity index (χ4v) is 1.08. The zero-order valence-electron chi connectivity index (χ0n) is 9.65. The van der Waals surface area contributed by atoms with Crippen LogP contribution in [-0.2, 0) is 0 Å². The number of hydrogen-bond donors (Lipinski definition) is 0. The molecule has 0 fully saturated rings. The molecule has 1 aromatic rings. The molecule has 0 radical (unpaired) electrons. The second kappa shape index (κ2) is 4.26. The molecular formula is C11H16N4. The van der Waals surface area contributed by atoms with Crippen molar-refractivity contribution in [2.45, 2.75) is 32.7 Å². The van der Waals surface area contributed by atoms with Crippen LogP contribution in [0.25, 0.3) is 0 Å². The van der Waals surface area contributed by atoms with Gasteiger partial charge in [-0.15, -0.1) is 0 Å². The predicted octanol–water partition coefficient (Wildman–Crippen LogP) is 1.97. The van der Waals surface area contributed by atoms with Gasteiger partial charge in [0.2, 0.25) is 5.95 Å². The summed E-state index contributed by atoms with van der Waals surface area (Å²) in [4.78, 5) is 10.3. The van der Waals surface area contributed by atoms with Crippen molar-refractivity contribution >= 4 is 5.95 Å². The van der Waals surface area contributed by atoms with Gasteiger partial charge in [-0.05, 0) is 26.3 Å². The maximum atomic E-state index is 8.75. The average Bonchev–Trinajstić information content (AvgIpc) is 2.28. The number of aromatic nitrogens is 2. The molecule has 0 aliphatic heterocycles. The molecule has 1 heterocycles. The standard InChI is InChI=1S/C11H16N4/c1-5-11(2,3)15(4)10-13-7-6-9(8-12)14-10/h6-7H,5H2,1-4H3. The molecule has 80 valence electrons. The van der Waals surface area contributed by atoms with Gasteiger partial charge in [-0.1, -0.05) is 6.92 Å². The largest absolute Gasteiger partial charge is 0.339 e. The summed E-state index contributed by atoms with van der Waals surface area (Å²) in [5.74, 6) is 0.598. The lowest BCUT2D eigenvalue weighted by Gasteiger charge is -2.34. The molecule has 0 aromatic carbocycles. The Balaban J connectivity index is 3.02. The van der Waals surface area contributed by atoms with E-state index < -0.39 is 0 Å². The highest BCUT2D eigenvalue weighted by atomic mass is 15.3. The summed E-state index contributed by atoms with van der Waals surface area (Å²) in [5.41, 5.74) is 0.396. The van der Waals surface area contributed by atoms with Crippen molar-refractivity contribution in [3.63, 3.8) is 0 Å². The van der Waals surface area contributed by atoms with Gasteiger partial charge in [-0.3, -0.25) is 0 Å². The molecule has 1 aromatic heterocycles. The molecule has 0 aliphatic rings. The van der Waals surface area contributed by atoms with Crippen molar-refractivity contribution in [2.75, 3.05) is 11.9 Å². The second-order valence-electron chi connectivity index (χ2n) is 4.08. The summed E-state index contributed by atoms with van der Waals surface area (Å²) in [6, 6.07) is 3.62. The smallest absolute Gasteiger partial charge is 0.226 e. The van der Waals surface area contributed by atoms with E-state index >= 15 is 0 Å². The molecule has 1 rings (SSSR count). The Morgan fingerprint density at radius 2 is 2.20 bits per heavy atom. The Morgan fingerprint density at radius 1 is 1.53 bits per heavy atom. The molecule has 0 amide bonds. The Kier molecular flexibility index (Phi) is 3.25. The van der Waals surface area contributed by atoms with Gasteiger partial charge in [0.1, 0.15) is 11.8 Å². The molecule has 4 heteroatoms. The monoisotopic (exact) mass is 204 g/mol. The first kappa shape index (κ1) is 11.4. The highest BCUT2D eigenvalue weighted by Gasteiger charge is 2.23. The van der Waals surface area contributed by atoms with Gasteiger partial charge < -0.3 is 4.90 Å². The Bertz CT molecular complexity index is 378. The van der Waals surface area contributed by atoms with Crippen molar-refractivity contribution < 1.29 is 0 Å². The molecular weight excluding hydrogens is 188 g/mol. The van der Waals surface area contributed by atoms with E-state index in [0.29, 0.717) is 11.6 Å². The van der Waals surface area contributed by atoms with Gasteiger partial charge in [0.05, 0.1) is 0 Å². The van der Waals surface area contributed by atoms with E-state index in [-0.39, 0.29) is 5.54 Å². The quantitative estimate of drug-likeness (QED) is 0.755. The van der Waals surface area contributed by atoms with Crippen LogP contribution in [0.1, 0.15) is 32.9 Å². The SMILES string of the molecule is CCC(C)(C)N(C)c1nccc(C#N)n1. The van der Waals surface area contributed by atoms with Gasteiger partial charge in [0.25, 0.3) is 0 Å². The lowest BCUT2D eigenvalue weighted by molar-refractivity contribution is 0.463. The molecule has 4 nitrogen and oxygen atoms in total. The van der Waals surface area contributed by atoms with Crippen LogP contribution < -0.4 is 4.90 Å². The van der Waals surface area contributed by atoms with Crippen LogP contribution in [0.3, 0.4) is 0 Å². The Hall–Kier alpha value is -1.63. The van der Waals surface area contributed by atoms with Crippen molar-refractivity contribution in [1.82, 2.24) is 9.97 Å². The van der Waals surface area contributed by atoms with Crippen LogP contribution in [0.2, 0.25) is 0 Å². The third kappa shape index (κ3) is 2.44. The lowest BCUT2D eigenvalue weighted by atomic mass is 10.0. The summed E-state index contributed by atoms with van der Waals surface area (Å²) >= 11 is 0. The zero-order chi connectivity index (χ0) is 11.5. The number of rotatable bonds is 3. The number of anilines is 1. The minimum Gasteiger partial charge on any atom is -0.339 e. The highest BCUT2D eigenvalue weighted by molar-refractivity contribution is 5.35. The van der Waals surface area contributed by atoms with Crippen molar-refractivity contribution in [1.29, 1.82) is 5.26 Å². The van der Waals surface area contributed by atoms with Crippen molar-refractivity contribution in [3.8, 4) is 6.07 Å². The first-order valence-corrected chi connectivity index (χ1v) is 4.98. The third-order valence-corrected chi connectivity index (χ3v) is 2.83. The van der Waals surface area contributed by atoms with E-state index in [2.05, 4.69) is 30.7 Å². The number of nitriles is 1. The summed E-state index contributed by atoms with van der Waals surface area (Å²) < 4.78 is 0. The minimum atomic E-state index is -0.00587. The van der Waals surface area contributed by atoms with Crippen LogP contribution in [0.4, 0.5) is 5.95 Å². The molecule has 15 heavy (non-hydrogen) atoms. The van der Waals surface area contributed by atoms with Crippen LogP contribution in [0, 0.1) is 11.3 Å². The van der Waals surface area contributed by atoms with Gasteiger partial charge in [-0.2, -0.15) is 5.26 Å². The molecule has 0 unspecified atom stereocenters. The summed E-state index contributed by atoms with van der Waals surface area (Å²) in [6.45, 7) is 6.36. The Morgan fingerprint density at radius 3 is 2.73 bits per heavy atom. The van der Waals surface area contributed by atoms with E-state index in [4.69, 9.17) is 5.26 Å². The molecule has 0 bridgehead atoms. The zero-order valence-corrected chi connectivity index (χ0v) is 9.65.